The molecule has 0 spiro atoms. The number of rotatable bonds is 5. The van der Waals surface area contributed by atoms with Gasteiger partial charge in [-0.2, -0.15) is 0 Å². The maximum Gasteiger partial charge on any atom is 0.0384 e. The molecule has 0 aliphatic carbocycles. The average molecular weight is 304 g/mol. The van der Waals surface area contributed by atoms with Crippen LogP contribution in [0.25, 0.3) is 0 Å². The highest BCUT2D eigenvalue weighted by molar-refractivity contribution is 8.00. The Morgan fingerprint density at radius 1 is 1.25 bits per heavy atom. The Bertz CT molecular complexity index is 554. The molecule has 3 rings (SSSR count). The van der Waals surface area contributed by atoms with E-state index in [4.69, 9.17) is 5.84 Å². The second-order valence-electron chi connectivity index (χ2n) is 5.17. The number of benzene rings is 1. The molecule has 1 aromatic heterocycles. The molecule has 0 amide bonds. The number of fused-ring (bicyclic) bond motifs is 1. The second kappa shape index (κ2) is 6.31. The van der Waals surface area contributed by atoms with Gasteiger partial charge in [0, 0.05) is 25.9 Å². The molecule has 0 fully saturated rings. The topological polar surface area (TPSA) is 38.0 Å². The van der Waals surface area contributed by atoms with Crippen molar-refractivity contribution in [2.75, 3.05) is 0 Å². The van der Waals surface area contributed by atoms with Gasteiger partial charge in [0.25, 0.3) is 0 Å². The Morgan fingerprint density at radius 2 is 2.05 bits per heavy atom. The van der Waals surface area contributed by atoms with Crippen LogP contribution in [-0.2, 0) is 19.3 Å². The van der Waals surface area contributed by atoms with Gasteiger partial charge in [-0.15, -0.1) is 23.1 Å². The Morgan fingerprint density at radius 3 is 2.75 bits per heavy atom. The second-order valence-corrected chi connectivity index (χ2v) is 7.70. The average Bonchev–Trinajstić information content (AvgIpc) is 3.10. The van der Waals surface area contributed by atoms with Gasteiger partial charge in [0.1, 0.15) is 0 Å². The van der Waals surface area contributed by atoms with Crippen LogP contribution in [0.2, 0.25) is 0 Å². The number of hydrogen-bond donors (Lipinski definition) is 2. The van der Waals surface area contributed by atoms with Crippen LogP contribution in [-0.4, -0.2) is 11.3 Å². The van der Waals surface area contributed by atoms with Gasteiger partial charge >= 0.3 is 0 Å². The standard InChI is InChI=1S/C16H20N2S2/c1-2-12-7-8-13(19-12)10-14(18-17)16-9-11-5-3-4-6-15(11)20-16/h3-8,14,16,18H,2,9-10,17H2,1H3. The van der Waals surface area contributed by atoms with Gasteiger partial charge in [-0.1, -0.05) is 25.1 Å². The van der Waals surface area contributed by atoms with Gasteiger partial charge in [-0.05, 0) is 43.0 Å². The molecule has 1 aromatic carbocycles. The molecule has 2 heterocycles. The maximum atomic E-state index is 5.82. The van der Waals surface area contributed by atoms with Crippen LogP contribution >= 0.6 is 23.1 Å². The highest BCUT2D eigenvalue weighted by Crippen LogP contribution is 2.39. The van der Waals surface area contributed by atoms with Gasteiger partial charge in [-0.3, -0.25) is 11.3 Å². The largest absolute Gasteiger partial charge is 0.271 e. The summed E-state index contributed by atoms with van der Waals surface area (Å²) in [5, 5.41) is 0.532. The third-order valence-electron chi connectivity index (χ3n) is 3.82. The van der Waals surface area contributed by atoms with E-state index in [0.717, 1.165) is 19.3 Å². The first kappa shape index (κ1) is 14.1. The summed E-state index contributed by atoms with van der Waals surface area (Å²) in [6.45, 7) is 2.21. The van der Waals surface area contributed by atoms with Crippen molar-refractivity contribution in [3.05, 3.63) is 51.7 Å². The first-order chi connectivity index (χ1) is 9.80. The van der Waals surface area contributed by atoms with E-state index >= 15 is 0 Å². The lowest BCUT2D eigenvalue weighted by Gasteiger charge is -2.21. The predicted molar refractivity (Wildman–Crippen MR) is 88.3 cm³/mol. The van der Waals surface area contributed by atoms with Crippen LogP contribution in [0.5, 0.6) is 0 Å². The molecule has 0 saturated heterocycles. The zero-order chi connectivity index (χ0) is 13.9. The molecule has 2 atom stereocenters. The molecule has 4 heteroatoms. The number of hydrogen-bond acceptors (Lipinski definition) is 4. The molecule has 20 heavy (non-hydrogen) atoms. The lowest BCUT2D eigenvalue weighted by Crippen LogP contribution is -2.43. The molecule has 2 unspecified atom stereocenters. The fourth-order valence-electron chi connectivity index (χ4n) is 2.67. The number of thiophene rings is 1. The predicted octanol–water partition coefficient (Wildman–Crippen LogP) is 3.40. The van der Waals surface area contributed by atoms with Gasteiger partial charge in [0.05, 0.1) is 0 Å². The number of thioether (sulfide) groups is 1. The summed E-state index contributed by atoms with van der Waals surface area (Å²) in [6, 6.07) is 13.5. The van der Waals surface area contributed by atoms with Crippen LogP contribution in [0.1, 0.15) is 22.2 Å². The Labute approximate surface area is 128 Å². The van der Waals surface area contributed by atoms with E-state index in [-0.39, 0.29) is 0 Å². The van der Waals surface area contributed by atoms with Gasteiger partial charge in [0.2, 0.25) is 0 Å². The number of aryl methyl sites for hydroxylation is 1. The Balaban J connectivity index is 1.69. The molecular weight excluding hydrogens is 284 g/mol. The molecule has 2 nitrogen and oxygen atoms in total. The first-order valence-corrected chi connectivity index (χ1v) is 8.78. The lowest BCUT2D eigenvalue weighted by atomic mass is 10.0. The molecule has 0 saturated carbocycles. The van der Waals surface area contributed by atoms with Crippen molar-refractivity contribution in [3.63, 3.8) is 0 Å². The molecule has 0 bridgehead atoms. The van der Waals surface area contributed by atoms with Gasteiger partial charge in [-0.25, -0.2) is 0 Å². The highest BCUT2D eigenvalue weighted by atomic mass is 32.2. The van der Waals surface area contributed by atoms with E-state index in [2.05, 4.69) is 48.7 Å². The van der Waals surface area contributed by atoms with Crippen molar-refractivity contribution in [1.29, 1.82) is 0 Å². The monoisotopic (exact) mass is 304 g/mol. The van der Waals surface area contributed by atoms with Crippen molar-refractivity contribution in [2.45, 2.75) is 42.4 Å². The third-order valence-corrected chi connectivity index (χ3v) is 6.52. The SMILES string of the molecule is CCc1ccc(CC(NN)C2Cc3ccccc3S2)s1. The van der Waals surface area contributed by atoms with Crippen LogP contribution in [0.4, 0.5) is 0 Å². The van der Waals surface area contributed by atoms with Crippen LogP contribution in [0.15, 0.2) is 41.3 Å². The molecule has 1 aliphatic heterocycles. The van der Waals surface area contributed by atoms with Crippen molar-refractivity contribution >= 4 is 23.1 Å². The smallest absolute Gasteiger partial charge is 0.0384 e. The molecular formula is C16H20N2S2. The van der Waals surface area contributed by atoms with E-state index in [1.165, 1.54) is 20.2 Å². The fraction of sp³-hybridized carbons (Fsp3) is 0.375. The summed E-state index contributed by atoms with van der Waals surface area (Å²) in [5.41, 5.74) is 4.50. The van der Waals surface area contributed by atoms with Gasteiger partial charge in [0.15, 0.2) is 0 Å². The van der Waals surface area contributed by atoms with Crippen molar-refractivity contribution in [3.8, 4) is 0 Å². The van der Waals surface area contributed by atoms with E-state index in [1.54, 1.807) is 0 Å². The Kier molecular flexibility index (Phi) is 4.46. The van der Waals surface area contributed by atoms with Crippen LogP contribution in [0, 0.1) is 0 Å². The third kappa shape index (κ3) is 2.93. The lowest BCUT2D eigenvalue weighted by molar-refractivity contribution is 0.509. The molecule has 2 aromatic rings. The minimum atomic E-state index is 0.329. The summed E-state index contributed by atoms with van der Waals surface area (Å²) in [5.74, 6) is 5.82. The number of hydrazine groups is 1. The van der Waals surface area contributed by atoms with E-state index < -0.39 is 0 Å². The van der Waals surface area contributed by atoms with Crippen LogP contribution in [0.3, 0.4) is 0 Å². The maximum absolute atomic E-state index is 5.82. The van der Waals surface area contributed by atoms with E-state index in [1.807, 2.05) is 23.1 Å². The number of nitrogens with one attached hydrogen (secondary N) is 1. The van der Waals surface area contributed by atoms with Crippen molar-refractivity contribution in [2.24, 2.45) is 5.84 Å². The summed E-state index contributed by atoms with van der Waals surface area (Å²) < 4.78 is 0. The molecule has 3 N–H and O–H groups in total. The minimum Gasteiger partial charge on any atom is -0.271 e. The summed E-state index contributed by atoms with van der Waals surface area (Å²) >= 11 is 3.88. The van der Waals surface area contributed by atoms with Crippen molar-refractivity contribution in [1.82, 2.24) is 5.43 Å². The van der Waals surface area contributed by atoms with Crippen LogP contribution < -0.4 is 11.3 Å². The molecule has 106 valence electrons. The summed E-state index contributed by atoms with van der Waals surface area (Å²) in [6.07, 6.45) is 3.25. The Hall–Kier alpha value is -0.810. The summed E-state index contributed by atoms with van der Waals surface area (Å²) in [7, 11) is 0. The quantitative estimate of drug-likeness (QED) is 0.657. The highest BCUT2D eigenvalue weighted by Gasteiger charge is 2.29. The van der Waals surface area contributed by atoms with E-state index in [0.29, 0.717) is 11.3 Å². The van der Waals surface area contributed by atoms with Crippen molar-refractivity contribution < 1.29 is 0 Å². The van der Waals surface area contributed by atoms with Gasteiger partial charge < -0.3 is 0 Å². The molecule has 1 aliphatic rings. The van der Waals surface area contributed by atoms with E-state index in [9.17, 15) is 0 Å². The molecule has 0 radical (unpaired) electrons. The summed E-state index contributed by atoms with van der Waals surface area (Å²) in [4.78, 5) is 4.30. The minimum absolute atomic E-state index is 0.329. The first-order valence-electron chi connectivity index (χ1n) is 7.08. The zero-order valence-electron chi connectivity index (χ0n) is 11.6. The zero-order valence-corrected chi connectivity index (χ0v) is 13.3. The normalized spacial score (nSPS) is 19.0. The fourth-order valence-corrected chi connectivity index (χ4v) is 5.07. The number of nitrogens with two attached hydrogens (primary N) is 1.